The predicted octanol–water partition coefficient (Wildman–Crippen LogP) is 10.7. The van der Waals surface area contributed by atoms with E-state index in [0.29, 0.717) is 18.2 Å². The Morgan fingerprint density at radius 2 is 1.79 bits per heavy atom. The number of benzene rings is 2. The molecule has 0 spiro atoms. The smallest absolute Gasteiger partial charge is 0.169 e. The number of methoxy groups -OCH3 is 1. The fraction of sp³-hybridized carbons (Fsp3) is 0.500. The Morgan fingerprint density at radius 1 is 1.12 bits per heavy atom. The number of H-pyrrole nitrogens is 1. The molecule has 0 bridgehead atoms. The van der Waals surface area contributed by atoms with Gasteiger partial charge >= 0.3 is 0 Å². The van der Waals surface area contributed by atoms with E-state index in [0.717, 1.165) is 44.9 Å². The van der Waals surface area contributed by atoms with E-state index >= 15 is 0 Å². The zero-order valence-corrected chi connectivity index (χ0v) is 28.3. The van der Waals surface area contributed by atoms with Gasteiger partial charge in [-0.15, -0.1) is 0 Å². The average Bonchev–Trinajstić information content (AvgIpc) is 3.44. The molecule has 0 saturated heterocycles. The van der Waals surface area contributed by atoms with Gasteiger partial charge < -0.3 is 9.47 Å². The van der Waals surface area contributed by atoms with Gasteiger partial charge in [-0.1, -0.05) is 117 Å². The summed E-state index contributed by atoms with van der Waals surface area (Å²) in [4.78, 5) is 13.6. The van der Waals surface area contributed by atoms with Crippen LogP contribution in [0.25, 0.3) is 16.7 Å². The van der Waals surface area contributed by atoms with Crippen molar-refractivity contribution in [2.24, 2.45) is 5.92 Å². The Morgan fingerprint density at radius 3 is 2.29 bits per heavy atom. The zero-order valence-electron chi connectivity index (χ0n) is 27.6. The molecule has 42 heavy (non-hydrogen) atoms. The molecular weight excluding hydrogens is 544 g/mol. The Labute approximate surface area is 260 Å². The number of carbonyl (C=O) groups is 1. The standard InChI is InChI=1S/C26H27ClN2O3.C5H12.C3H8.C2H6/c1-5-20(25(30)18-10-17-11-19(31-4)7-9-24(17)32-14-18)21-8-6-16(12-22(21)15(2)3)23-13-28-29-26(23)27;1-3-5-4-2;1-3-2;1-2/h5-9,11-13,15,18H,10,14H2,1-4H3,(H,28,29);3-5H2,1-2H3;3H2,1-2H3;1-2H3/b20-5+;;;/t18-;;;/m0.../s1. The van der Waals surface area contributed by atoms with Gasteiger partial charge in [0.1, 0.15) is 16.7 Å². The van der Waals surface area contributed by atoms with E-state index in [4.69, 9.17) is 21.1 Å². The third-order valence-corrected chi connectivity index (χ3v) is 6.96. The number of allylic oxidation sites excluding steroid dienone is 2. The number of aromatic amines is 1. The second-order valence-corrected chi connectivity index (χ2v) is 10.7. The summed E-state index contributed by atoms with van der Waals surface area (Å²) >= 11 is 6.24. The monoisotopic (exact) mass is 596 g/mol. The lowest BCUT2D eigenvalue weighted by atomic mass is 9.83. The van der Waals surface area contributed by atoms with Crippen molar-refractivity contribution in [1.82, 2.24) is 10.2 Å². The molecule has 0 saturated carbocycles. The third kappa shape index (κ3) is 10.3. The lowest BCUT2D eigenvalue weighted by Crippen LogP contribution is -2.29. The van der Waals surface area contributed by atoms with Gasteiger partial charge in [-0.3, -0.25) is 9.89 Å². The number of aromatic nitrogens is 2. The number of carbonyl (C=O) groups excluding carboxylic acids is 1. The summed E-state index contributed by atoms with van der Waals surface area (Å²) in [5, 5.41) is 7.29. The number of ketones is 1. The van der Waals surface area contributed by atoms with Crippen LogP contribution < -0.4 is 9.47 Å². The van der Waals surface area contributed by atoms with Gasteiger partial charge in [-0.2, -0.15) is 5.10 Å². The number of hydrogen-bond donors (Lipinski definition) is 1. The fourth-order valence-corrected chi connectivity index (χ4v) is 4.80. The maximum absolute atomic E-state index is 13.6. The van der Waals surface area contributed by atoms with Crippen LogP contribution in [0.1, 0.15) is 111 Å². The van der Waals surface area contributed by atoms with E-state index in [1.807, 2.05) is 57.2 Å². The second kappa shape index (κ2) is 20.0. The first-order valence-corrected chi connectivity index (χ1v) is 16.0. The number of nitrogens with zero attached hydrogens (tertiary/aromatic N) is 1. The minimum atomic E-state index is -0.246. The minimum Gasteiger partial charge on any atom is -0.497 e. The number of halogens is 1. The van der Waals surface area contributed by atoms with E-state index < -0.39 is 0 Å². The molecule has 4 rings (SSSR count). The van der Waals surface area contributed by atoms with Crippen LogP contribution >= 0.6 is 11.6 Å². The normalized spacial score (nSPS) is 13.7. The maximum atomic E-state index is 13.6. The Bertz CT molecular complexity index is 1240. The van der Waals surface area contributed by atoms with Crippen molar-refractivity contribution < 1.29 is 14.3 Å². The molecule has 232 valence electrons. The van der Waals surface area contributed by atoms with Gasteiger partial charge in [0.05, 0.1) is 25.8 Å². The predicted molar refractivity (Wildman–Crippen MR) is 180 cm³/mol. The highest BCUT2D eigenvalue weighted by Gasteiger charge is 2.30. The number of unbranched alkanes of at least 4 members (excludes halogenated alkanes) is 2. The summed E-state index contributed by atoms with van der Waals surface area (Å²) in [6, 6.07) is 11.8. The Balaban J connectivity index is 0.000000774. The first kappa shape index (κ1) is 37.0. The van der Waals surface area contributed by atoms with Crippen LogP contribution in [0.4, 0.5) is 0 Å². The topological polar surface area (TPSA) is 64.2 Å². The molecule has 1 N–H and O–H groups in total. The molecule has 6 heteroatoms. The highest BCUT2D eigenvalue weighted by molar-refractivity contribution is 6.32. The van der Waals surface area contributed by atoms with Crippen LogP contribution in [0.15, 0.2) is 48.7 Å². The first-order valence-electron chi connectivity index (χ1n) is 15.6. The lowest BCUT2D eigenvalue weighted by Gasteiger charge is -2.26. The molecule has 5 nitrogen and oxygen atoms in total. The van der Waals surface area contributed by atoms with Crippen LogP contribution in [0.5, 0.6) is 11.5 Å². The van der Waals surface area contributed by atoms with Gasteiger partial charge in [0.25, 0.3) is 0 Å². The molecule has 1 aromatic heterocycles. The van der Waals surface area contributed by atoms with Gasteiger partial charge in [0.15, 0.2) is 5.78 Å². The van der Waals surface area contributed by atoms with E-state index in [-0.39, 0.29) is 17.6 Å². The van der Waals surface area contributed by atoms with E-state index in [2.05, 4.69) is 57.8 Å². The number of hydrogen-bond acceptors (Lipinski definition) is 4. The number of rotatable bonds is 8. The molecule has 2 heterocycles. The Kier molecular flexibility index (Phi) is 17.6. The molecular formula is C36H53ClN2O3. The van der Waals surface area contributed by atoms with E-state index in [1.165, 1.54) is 25.7 Å². The number of nitrogens with one attached hydrogen (secondary N) is 1. The molecule has 1 aliphatic heterocycles. The van der Waals surface area contributed by atoms with Gasteiger partial charge in [-0.05, 0) is 59.7 Å². The van der Waals surface area contributed by atoms with Crippen LogP contribution in [0.3, 0.4) is 0 Å². The molecule has 0 unspecified atom stereocenters. The van der Waals surface area contributed by atoms with Crippen molar-refractivity contribution >= 4 is 23.0 Å². The number of Topliss-reactive ketones (excluding diaryl/α,β-unsaturated/α-hetero) is 1. The molecule has 1 atom stereocenters. The van der Waals surface area contributed by atoms with Crippen molar-refractivity contribution in [3.63, 3.8) is 0 Å². The summed E-state index contributed by atoms with van der Waals surface area (Å²) < 4.78 is 11.3. The summed E-state index contributed by atoms with van der Waals surface area (Å²) in [7, 11) is 1.64. The largest absolute Gasteiger partial charge is 0.497 e. The first-order chi connectivity index (χ1) is 20.3. The molecule has 0 radical (unpaired) electrons. The Hall–Kier alpha value is -3.05. The SMILES string of the molecule is C/C=C(/C(=O)[C@@H]1COc2ccc(OC)cc2C1)c1ccc(-c2cn[nH]c2Cl)cc1C(C)C.CC.CCC.CCCCC. The summed E-state index contributed by atoms with van der Waals surface area (Å²) in [6.07, 6.45) is 9.58. The van der Waals surface area contributed by atoms with Crippen molar-refractivity contribution in [1.29, 1.82) is 0 Å². The van der Waals surface area contributed by atoms with Crippen molar-refractivity contribution in [2.45, 2.75) is 100 Å². The molecule has 0 aliphatic carbocycles. The van der Waals surface area contributed by atoms with Gasteiger partial charge in [0.2, 0.25) is 0 Å². The summed E-state index contributed by atoms with van der Waals surface area (Å²) in [5.41, 5.74) is 5.59. The summed E-state index contributed by atoms with van der Waals surface area (Å²) in [5.74, 6) is 1.66. The molecule has 0 amide bonds. The molecule has 2 aromatic carbocycles. The van der Waals surface area contributed by atoms with E-state index in [1.54, 1.807) is 13.3 Å². The zero-order chi connectivity index (χ0) is 31.7. The van der Waals surface area contributed by atoms with Crippen molar-refractivity contribution in [2.75, 3.05) is 13.7 Å². The second-order valence-electron chi connectivity index (χ2n) is 10.4. The van der Waals surface area contributed by atoms with E-state index in [9.17, 15) is 4.79 Å². The fourth-order valence-electron chi connectivity index (χ4n) is 4.60. The maximum Gasteiger partial charge on any atom is 0.169 e. The molecule has 0 fully saturated rings. The number of ether oxygens (including phenoxy) is 2. The van der Waals surface area contributed by atoms with Crippen LogP contribution in [-0.4, -0.2) is 29.7 Å². The van der Waals surface area contributed by atoms with Crippen LogP contribution in [0, 0.1) is 5.92 Å². The van der Waals surface area contributed by atoms with Crippen molar-refractivity contribution in [3.05, 3.63) is 70.5 Å². The quantitative estimate of drug-likeness (QED) is 0.263. The van der Waals surface area contributed by atoms with Crippen LogP contribution in [0.2, 0.25) is 5.15 Å². The highest BCUT2D eigenvalue weighted by Crippen LogP contribution is 2.36. The average molecular weight is 597 g/mol. The van der Waals surface area contributed by atoms with Crippen LogP contribution in [-0.2, 0) is 11.2 Å². The lowest BCUT2D eigenvalue weighted by molar-refractivity contribution is -0.118. The van der Waals surface area contributed by atoms with Gasteiger partial charge in [-0.25, -0.2) is 0 Å². The minimum absolute atomic E-state index is 0.0944. The molecule has 3 aromatic rings. The van der Waals surface area contributed by atoms with Gasteiger partial charge in [0, 0.05) is 11.1 Å². The number of fused-ring (bicyclic) bond motifs is 1. The molecule has 1 aliphatic rings. The highest BCUT2D eigenvalue weighted by atomic mass is 35.5. The van der Waals surface area contributed by atoms with Crippen molar-refractivity contribution in [3.8, 4) is 22.6 Å². The summed E-state index contributed by atoms with van der Waals surface area (Å²) in [6.45, 7) is 19.2. The third-order valence-electron chi connectivity index (χ3n) is 6.67.